The summed E-state index contributed by atoms with van der Waals surface area (Å²) in [5.41, 5.74) is 2.34. The molecule has 0 unspecified atom stereocenters. The van der Waals surface area contributed by atoms with Crippen molar-refractivity contribution in [3.8, 4) is 0 Å². The highest BCUT2D eigenvalue weighted by Crippen LogP contribution is 2.24. The smallest absolute Gasteiger partial charge is 0.319 e. The van der Waals surface area contributed by atoms with Crippen LogP contribution in [0, 0.1) is 12.7 Å². The number of hydrogen-bond donors (Lipinski definition) is 2. The molecule has 0 aliphatic carbocycles. The Kier molecular flexibility index (Phi) is 5.17. The van der Waals surface area contributed by atoms with Gasteiger partial charge in [0.25, 0.3) is 0 Å². The maximum Gasteiger partial charge on any atom is 0.319 e. The minimum absolute atomic E-state index is 0.00689. The minimum Gasteiger partial charge on any atom is -0.338 e. The summed E-state index contributed by atoms with van der Waals surface area (Å²) >= 11 is 5.84. The third-order valence-corrected chi connectivity index (χ3v) is 3.46. The molecule has 0 aliphatic rings. The van der Waals surface area contributed by atoms with Gasteiger partial charge in [-0.15, -0.1) is 0 Å². The quantitative estimate of drug-likeness (QED) is 0.875. The molecule has 2 N–H and O–H groups in total. The van der Waals surface area contributed by atoms with Gasteiger partial charge in [0, 0.05) is 6.54 Å². The third kappa shape index (κ3) is 4.20. The largest absolute Gasteiger partial charge is 0.338 e. The molecule has 5 heteroatoms. The van der Waals surface area contributed by atoms with Gasteiger partial charge in [-0.1, -0.05) is 41.9 Å². The van der Waals surface area contributed by atoms with Gasteiger partial charge < -0.3 is 10.6 Å². The third-order valence-electron chi connectivity index (χ3n) is 3.14. The summed E-state index contributed by atoms with van der Waals surface area (Å²) in [4.78, 5) is 11.7. The molecule has 0 heterocycles. The molecule has 21 heavy (non-hydrogen) atoms. The van der Waals surface area contributed by atoms with E-state index in [4.69, 9.17) is 11.6 Å². The first kappa shape index (κ1) is 15.3. The number of carbonyl (C=O) groups is 1. The van der Waals surface area contributed by atoms with Crippen molar-refractivity contribution in [3.05, 3.63) is 64.4 Å². The van der Waals surface area contributed by atoms with Gasteiger partial charge in [0.1, 0.15) is 5.82 Å². The Balaban J connectivity index is 1.87. The van der Waals surface area contributed by atoms with Crippen molar-refractivity contribution in [1.29, 1.82) is 0 Å². The zero-order valence-electron chi connectivity index (χ0n) is 11.6. The molecule has 0 spiro atoms. The Morgan fingerprint density at radius 2 is 1.95 bits per heavy atom. The standard InChI is InChI=1S/C16H16ClFN2O/c1-11-5-2-3-6-12(11)9-10-19-16(21)20-15-13(17)7-4-8-14(15)18/h2-8H,9-10H2,1H3,(H2,19,20,21). The molecule has 2 amide bonds. The Morgan fingerprint density at radius 3 is 2.67 bits per heavy atom. The van der Waals surface area contributed by atoms with Gasteiger partial charge in [0.2, 0.25) is 0 Å². The van der Waals surface area contributed by atoms with Crippen LogP contribution in [0.5, 0.6) is 0 Å². The number of urea groups is 1. The number of nitrogens with one attached hydrogen (secondary N) is 2. The molecule has 0 aromatic heterocycles. The summed E-state index contributed by atoms with van der Waals surface area (Å²) in [6.07, 6.45) is 0.713. The van der Waals surface area contributed by atoms with Crippen LogP contribution in [0.2, 0.25) is 5.02 Å². The lowest BCUT2D eigenvalue weighted by Gasteiger charge is -2.10. The second-order valence-electron chi connectivity index (χ2n) is 4.65. The average Bonchev–Trinajstić information content (AvgIpc) is 2.45. The van der Waals surface area contributed by atoms with Gasteiger partial charge in [-0.2, -0.15) is 0 Å². The maximum absolute atomic E-state index is 13.5. The second kappa shape index (κ2) is 7.09. The van der Waals surface area contributed by atoms with Gasteiger partial charge >= 0.3 is 6.03 Å². The Hall–Kier alpha value is -2.07. The van der Waals surface area contributed by atoms with Crippen molar-refractivity contribution < 1.29 is 9.18 Å². The number of amides is 2. The number of para-hydroxylation sites is 1. The van der Waals surface area contributed by atoms with E-state index in [1.165, 1.54) is 29.3 Å². The van der Waals surface area contributed by atoms with Gasteiger partial charge in [0.15, 0.2) is 0 Å². The lowest BCUT2D eigenvalue weighted by atomic mass is 10.1. The molecule has 3 nitrogen and oxygen atoms in total. The molecule has 2 aromatic rings. The SMILES string of the molecule is Cc1ccccc1CCNC(=O)Nc1c(F)cccc1Cl. The van der Waals surface area contributed by atoms with Crippen molar-refractivity contribution in [2.24, 2.45) is 0 Å². The summed E-state index contributed by atoms with van der Waals surface area (Å²) in [7, 11) is 0. The van der Waals surface area contributed by atoms with E-state index in [0.717, 1.165) is 0 Å². The van der Waals surface area contributed by atoms with E-state index in [2.05, 4.69) is 10.6 Å². The minimum atomic E-state index is -0.559. The van der Waals surface area contributed by atoms with Gasteiger partial charge in [-0.3, -0.25) is 0 Å². The molecule has 0 atom stereocenters. The van der Waals surface area contributed by atoms with Crippen molar-refractivity contribution in [1.82, 2.24) is 5.32 Å². The number of carbonyl (C=O) groups excluding carboxylic acids is 1. The van der Waals surface area contributed by atoms with Gasteiger partial charge in [-0.05, 0) is 36.6 Å². The van der Waals surface area contributed by atoms with E-state index >= 15 is 0 Å². The molecule has 110 valence electrons. The fourth-order valence-electron chi connectivity index (χ4n) is 1.98. The second-order valence-corrected chi connectivity index (χ2v) is 5.06. The lowest BCUT2D eigenvalue weighted by Crippen LogP contribution is -2.31. The van der Waals surface area contributed by atoms with Crippen LogP contribution in [-0.2, 0) is 6.42 Å². The topological polar surface area (TPSA) is 41.1 Å². The molecule has 0 radical (unpaired) electrons. The van der Waals surface area contributed by atoms with E-state index in [1.54, 1.807) is 0 Å². The molecule has 2 aromatic carbocycles. The molecule has 0 fully saturated rings. The summed E-state index contributed by atoms with van der Waals surface area (Å²) in [6.45, 7) is 2.48. The van der Waals surface area contributed by atoms with Gasteiger partial charge in [0.05, 0.1) is 10.7 Å². The zero-order chi connectivity index (χ0) is 15.2. The Labute approximate surface area is 128 Å². The van der Waals surface area contributed by atoms with Crippen molar-refractivity contribution in [2.75, 3.05) is 11.9 Å². The summed E-state index contributed by atoms with van der Waals surface area (Å²) < 4.78 is 13.5. The Bertz CT molecular complexity index is 626. The van der Waals surface area contributed by atoms with Crippen molar-refractivity contribution >= 4 is 23.3 Å². The van der Waals surface area contributed by atoms with E-state index in [0.29, 0.717) is 13.0 Å². The van der Waals surface area contributed by atoms with E-state index in [1.807, 2.05) is 31.2 Å². The first-order valence-corrected chi connectivity index (χ1v) is 6.99. The first-order chi connectivity index (χ1) is 10.1. The highest BCUT2D eigenvalue weighted by molar-refractivity contribution is 6.33. The van der Waals surface area contributed by atoms with Crippen LogP contribution in [0.3, 0.4) is 0 Å². The van der Waals surface area contributed by atoms with E-state index < -0.39 is 11.8 Å². The summed E-state index contributed by atoms with van der Waals surface area (Å²) in [5, 5.41) is 5.28. The van der Waals surface area contributed by atoms with Crippen molar-refractivity contribution in [3.63, 3.8) is 0 Å². The summed E-state index contributed by atoms with van der Waals surface area (Å²) in [5.74, 6) is -0.559. The average molecular weight is 307 g/mol. The highest BCUT2D eigenvalue weighted by atomic mass is 35.5. The fourth-order valence-corrected chi connectivity index (χ4v) is 2.19. The number of rotatable bonds is 4. The van der Waals surface area contributed by atoms with Crippen LogP contribution in [-0.4, -0.2) is 12.6 Å². The molecule has 0 saturated heterocycles. The van der Waals surface area contributed by atoms with Gasteiger partial charge in [-0.25, -0.2) is 9.18 Å². The lowest BCUT2D eigenvalue weighted by molar-refractivity contribution is 0.252. The van der Waals surface area contributed by atoms with Crippen molar-refractivity contribution in [2.45, 2.75) is 13.3 Å². The Morgan fingerprint density at radius 1 is 1.19 bits per heavy atom. The van der Waals surface area contributed by atoms with E-state index in [-0.39, 0.29) is 10.7 Å². The zero-order valence-corrected chi connectivity index (χ0v) is 12.4. The number of benzene rings is 2. The van der Waals surface area contributed by atoms with Crippen LogP contribution in [0.4, 0.5) is 14.9 Å². The van der Waals surface area contributed by atoms with Crippen LogP contribution in [0.1, 0.15) is 11.1 Å². The molecule has 2 rings (SSSR count). The number of anilines is 1. The summed E-state index contributed by atoms with van der Waals surface area (Å²) in [6, 6.07) is 11.7. The van der Waals surface area contributed by atoms with Crippen LogP contribution in [0.25, 0.3) is 0 Å². The highest BCUT2D eigenvalue weighted by Gasteiger charge is 2.10. The molecular weight excluding hydrogens is 291 g/mol. The van der Waals surface area contributed by atoms with Crippen LogP contribution < -0.4 is 10.6 Å². The molecular formula is C16H16ClFN2O. The number of halogens is 2. The molecule has 0 aliphatic heterocycles. The monoisotopic (exact) mass is 306 g/mol. The number of aryl methyl sites for hydroxylation is 1. The number of hydrogen-bond acceptors (Lipinski definition) is 1. The normalized spacial score (nSPS) is 10.2. The first-order valence-electron chi connectivity index (χ1n) is 6.61. The molecule has 0 bridgehead atoms. The van der Waals surface area contributed by atoms with Crippen LogP contribution in [0.15, 0.2) is 42.5 Å². The van der Waals surface area contributed by atoms with Crippen LogP contribution >= 0.6 is 11.6 Å². The van der Waals surface area contributed by atoms with E-state index in [9.17, 15) is 9.18 Å². The maximum atomic E-state index is 13.5. The predicted molar refractivity (Wildman–Crippen MR) is 83.3 cm³/mol. The fraction of sp³-hybridized carbons (Fsp3) is 0.188. The predicted octanol–water partition coefficient (Wildman–Crippen LogP) is 4.15. The molecule has 0 saturated carbocycles.